The standard InChI is InChI=1S/C17H17BrO2/c1-11(18)16-15(12-7-3-2-4-8-12)13-9-5-6-10-14(13)17(19)20-16/h5-7,9-11H,2-4,8H2,1H3. The molecule has 0 amide bonds. The highest BCUT2D eigenvalue weighted by Crippen LogP contribution is 2.37. The Morgan fingerprint density at radius 1 is 1.20 bits per heavy atom. The van der Waals surface area contributed by atoms with Gasteiger partial charge in [-0.2, -0.15) is 0 Å². The Kier molecular flexibility index (Phi) is 3.79. The molecule has 1 heterocycles. The van der Waals surface area contributed by atoms with Crippen LogP contribution in [0.15, 0.2) is 39.6 Å². The molecule has 1 aliphatic rings. The predicted octanol–water partition coefficient (Wildman–Crippen LogP) is 5.21. The van der Waals surface area contributed by atoms with E-state index in [1.807, 2.05) is 31.2 Å². The first-order chi connectivity index (χ1) is 9.68. The average Bonchev–Trinajstić information content (AvgIpc) is 2.48. The summed E-state index contributed by atoms with van der Waals surface area (Å²) in [6.07, 6.45) is 6.92. The molecule has 2 nitrogen and oxygen atoms in total. The van der Waals surface area contributed by atoms with Crippen LogP contribution >= 0.6 is 15.9 Å². The molecule has 1 atom stereocenters. The van der Waals surface area contributed by atoms with E-state index in [9.17, 15) is 4.79 Å². The maximum atomic E-state index is 12.1. The van der Waals surface area contributed by atoms with Gasteiger partial charge in [0.05, 0.1) is 10.2 Å². The summed E-state index contributed by atoms with van der Waals surface area (Å²) in [4.78, 5) is 12.2. The zero-order chi connectivity index (χ0) is 14.1. The Labute approximate surface area is 126 Å². The third-order valence-corrected chi connectivity index (χ3v) is 4.25. The summed E-state index contributed by atoms with van der Waals surface area (Å²) in [6.45, 7) is 2.00. The molecule has 1 aromatic carbocycles. The highest BCUT2D eigenvalue weighted by Gasteiger charge is 2.20. The zero-order valence-electron chi connectivity index (χ0n) is 11.5. The van der Waals surface area contributed by atoms with E-state index in [0.717, 1.165) is 29.6 Å². The van der Waals surface area contributed by atoms with Gasteiger partial charge < -0.3 is 4.42 Å². The van der Waals surface area contributed by atoms with Crippen LogP contribution in [0.4, 0.5) is 0 Å². The van der Waals surface area contributed by atoms with Gasteiger partial charge in [0.1, 0.15) is 5.76 Å². The lowest BCUT2D eigenvalue weighted by Crippen LogP contribution is -2.08. The summed E-state index contributed by atoms with van der Waals surface area (Å²) in [5.74, 6) is 0.752. The van der Waals surface area contributed by atoms with Crippen LogP contribution in [0, 0.1) is 0 Å². The lowest BCUT2D eigenvalue weighted by Gasteiger charge is -2.18. The Bertz CT molecular complexity index is 725. The van der Waals surface area contributed by atoms with Gasteiger partial charge in [-0.05, 0) is 49.6 Å². The van der Waals surface area contributed by atoms with Crippen LogP contribution in [0.25, 0.3) is 16.3 Å². The number of halogens is 1. The fourth-order valence-electron chi connectivity index (χ4n) is 2.89. The maximum absolute atomic E-state index is 12.1. The predicted molar refractivity (Wildman–Crippen MR) is 86.3 cm³/mol. The monoisotopic (exact) mass is 332 g/mol. The topological polar surface area (TPSA) is 30.2 Å². The molecule has 0 N–H and O–H groups in total. The van der Waals surface area contributed by atoms with E-state index < -0.39 is 0 Å². The summed E-state index contributed by atoms with van der Waals surface area (Å²) in [6, 6.07) is 7.74. The van der Waals surface area contributed by atoms with Gasteiger partial charge >= 0.3 is 5.63 Å². The normalized spacial score (nSPS) is 17.0. The number of fused-ring (bicyclic) bond motifs is 1. The van der Waals surface area contributed by atoms with Crippen LogP contribution in [0.5, 0.6) is 0 Å². The lowest BCUT2D eigenvalue weighted by atomic mass is 9.90. The summed E-state index contributed by atoms with van der Waals surface area (Å²) >= 11 is 3.56. The molecule has 1 aromatic heterocycles. The molecule has 1 aliphatic carbocycles. The summed E-state index contributed by atoms with van der Waals surface area (Å²) in [7, 11) is 0. The van der Waals surface area contributed by atoms with E-state index in [2.05, 4.69) is 22.0 Å². The summed E-state index contributed by atoms with van der Waals surface area (Å²) < 4.78 is 5.59. The average molecular weight is 333 g/mol. The summed E-state index contributed by atoms with van der Waals surface area (Å²) in [5, 5.41) is 1.68. The van der Waals surface area contributed by atoms with Crippen molar-refractivity contribution >= 4 is 32.3 Å². The van der Waals surface area contributed by atoms with Crippen LogP contribution in [0.2, 0.25) is 0 Å². The van der Waals surface area contributed by atoms with Gasteiger partial charge in [-0.25, -0.2) is 4.79 Å². The number of alkyl halides is 1. The lowest BCUT2D eigenvalue weighted by molar-refractivity contribution is 0.469. The van der Waals surface area contributed by atoms with Crippen LogP contribution < -0.4 is 5.63 Å². The second-order valence-corrected chi connectivity index (χ2v) is 6.64. The molecule has 104 valence electrons. The molecule has 3 heteroatoms. The molecule has 2 aromatic rings. The molecule has 0 radical (unpaired) electrons. The number of allylic oxidation sites excluding steroid dienone is 2. The Morgan fingerprint density at radius 2 is 1.95 bits per heavy atom. The Balaban J connectivity index is 2.37. The van der Waals surface area contributed by atoms with E-state index >= 15 is 0 Å². The minimum atomic E-state index is -0.248. The fourth-order valence-corrected chi connectivity index (χ4v) is 3.22. The second-order valence-electron chi connectivity index (χ2n) is 5.27. The molecule has 1 unspecified atom stereocenters. The molecule has 0 fully saturated rings. The first-order valence-corrected chi connectivity index (χ1v) is 7.99. The number of hydrogen-bond donors (Lipinski definition) is 0. The van der Waals surface area contributed by atoms with Gasteiger partial charge in [0.2, 0.25) is 0 Å². The number of hydrogen-bond acceptors (Lipinski definition) is 2. The van der Waals surface area contributed by atoms with Gasteiger partial charge in [-0.15, -0.1) is 0 Å². The summed E-state index contributed by atoms with van der Waals surface area (Å²) in [5.41, 5.74) is 2.18. The Morgan fingerprint density at radius 3 is 2.60 bits per heavy atom. The first kappa shape index (κ1) is 13.6. The van der Waals surface area contributed by atoms with Crippen LogP contribution in [-0.4, -0.2) is 0 Å². The first-order valence-electron chi connectivity index (χ1n) is 7.07. The molecular weight excluding hydrogens is 316 g/mol. The van der Waals surface area contributed by atoms with E-state index in [1.165, 1.54) is 18.4 Å². The van der Waals surface area contributed by atoms with Gasteiger partial charge in [0.25, 0.3) is 0 Å². The smallest absolute Gasteiger partial charge is 0.343 e. The SMILES string of the molecule is CC(Br)c1oc(=O)c2ccccc2c1C1=CCCCC1. The largest absolute Gasteiger partial charge is 0.426 e. The number of rotatable bonds is 2. The van der Waals surface area contributed by atoms with Gasteiger partial charge in [0, 0.05) is 5.56 Å². The van der Waals surface area contributed by atoms with Crippen molar-refractivity contribution in [2.45, 2.75) is 37.4 Å². The molecule has 0 aliphatic heterocycles. The molecule has 0 saturated heterocycles. The second kappa shape index (κ2) is 5.57. The van der Waals surface area contributed by atoms with E-state index in [1.54, 1.807) is 0 Å². The van der Waals surface area contributed by atoms with E-state index in [4.69, 9.17) is 4.42 Å². The van der Waals surface area contributed by atoms with Crippen LogP contribution in [0.1, 0.15) is 48.8 Å². The van der Waals surface area contributed by atoms with Crippen LogP contribution in [0.3, 0.4) is 0 Å². The van der Waals surface area contributed by atoms with Crippen molar-refractivity contribution in [3.05, 3.63) is 52.1 Å². The highest BCUT2D eigenvalue weighted by atomic mass is 79.9. The zero-order valence-corrected chi connectivity index (χ0v) is 13.1. The van der Waals surface area contributed by atoms with Crippen LogP contribution in [-0.2, 0) is 0 Å². The highest BCUT2D eigenvalue weighted by molar-refractivity contribution is 9.09. The van der Waals surface area contributed by atoms with Crippen molar-refractivity contribution in [2.75, 3.05) is 0 Å². The molecule has 0 saturated carbocycles. The molecular formula is C17H17BrO2. The third-order valence-electron chi connectivity index (χ3n) is 3.84. The van der Waals surface area contributed by atoms with Crippen molar-refractivity contribution < 1.29 is 4.42 Å². The van der Waals surface area contributed by atoms with Crippen molar-refractivity contribution in [1.82, 2.24) is 0 Å². The molecule has 3 rings (SSSR count). The molecule has 20 heavy (non-hydrogen) atoms. The maximum Gasteiger partial charge on any atom is 0.343 e. The minimum Gasteiger partial charge on any atom is -0.426 e. The van der Waals surface area contributed by atoms with Crippen molar-refractivity contribution in [3.8, 4) is 0 Å². The third kappa shape index (κ3) is 2.35. The van der Waals surface area contributed by atoms with Crippen molar-refractivity contribution in [1.29, 1.82) is 0 Å². The van der Waals surface area contributed by atoms with Crippen molar-refractivity contribution in [3.63, 3.8) is 0 Å². The van der Waals surface area contributed by atoms with Crippen molar-refractivity contribution in [2.24, 2.45) is 0 Å². The van der Waals surface area contributed by atoms with E-state index in [-0.39, 0.29) is 10.5 Å². The fraction of sp³-hybridized carbons (Fsp3) is 0.353. The van der Waals surface area contributed by atoms with Gasteiger partial charge in [-0.3, -0.25) is 0 Å². The minimum absolute atomic E-state index is 0.0256. The number of benzene rings is 1. The van der Waals surface area contributed by atoms with Gasteiger partial charge in [-0.1, -0.05) is 40.2 Å². The quantitative estimate of drug-likeness (QED) is 0.707. The Hall–Kier alpha value is -1.35. The molecule has 0 spiro atoms. The van der Waals surface area contributed by atoms with E-state index in [0.29, 0.717) is 5.39 Å². The van der Waals surface area contributed by atoms with Gasteiger partial charge in [0.15, 0.2) is 0 Å². The molecule has 0 bridgehead atoms.